The molecule has 0 saturated heterocycles. The van der Waals surface area contributed by atoms with Crippen LogP contribution < -0.4 is 20.6 Å². The molecular formula is C62H55BN2. The lowest BCUT2D eigenvalue weighted by Gasteiger charge is -2.53. The van der Waals surface area contributed by atoms with Gasteiger partial charge in [-0.1, -0.05) is 183 Å². The van der Waals surface area contributed by atoms with Gasteiger partial charge in [-0.3, -0.25) is 0 Å². The molecule has 0 atom stereocenters. The van der Waals surface area contributed by atoms with Crippen molar-refractivity contribution in [1.29, 1.82) is 0 Å². The molecule has 0 aromatic heterocycles. The Hall–Kier alpha value is -6.58. The molecular weight excluding hydrogens is 784 g/mol. The second-order valence-electron chi connectivity index (χ2n) is 22.0. The zero-order chi connectivity index (χ0) is 44.4. The van der Waals surface area contributed by atoms with Crippen LogP contribution >= 0.6 is 0 Å². The smallest absolute Gasteiger partial charge is 0.333 e. The molecule has 0 bridgehead atoms. The molecule has 0 unspecified atom stereocenters. The Bertz CT molecular complexity index is 3280. The molecule has 316 valence electrons. The van der Waals surface area contributed by atoms with Crippen LogP contribution in [0, 0.1) is 0 Å². The molecule has 0 saturated carbocycles. The standard InChI is InChI=1S/C62H55BN2/c1-59(2)30-31-60(3,4)50-37-54-51(36-49(50)59)61(5,6)48-27-19-28-52-57(48)64(54)58-55-45(43-24-15-17-26-47(43)62(55,7)8)35-46-44-25-16-18-29-53(44)65(63(52)56(46)58)42-33-40(38-20-11-9-12-21-38)32-41(34-42)39-22-13-10-14-23-39/h9-29,32-37H,30-31H2,1-8H3. The van der Waals surface area contributed by atoms with Crippen LogP contribution in [-0.2, 0) is 21.7 Å². The van der Waals surface area contributed by atoms with E-state index in [1.54, 1.807) is 0 Å². The Morgan fingerprint density at radius 3 is 1.66 bits per heavy atom. The summed E-state index contributed by atoms with van der Waals surface area (Å²) in [7, 11) is 0. The van der Waals surface area contributed by atoms with Gasteiger partial charge in [0.05, 0.1) is 5.69 Å². The second kappa shape index (κ2) is 13.0. The molecule has 0 spiro atoms. The number of benzene rings is 8. The van der Waals surface area contributed by atoms with Gasteiger partial charge in [-0.2, -0.15) is 0 Å². The largest absolute Gasteiger partial charge is 0.376 e. The van der Waals surface area contributed by atoms with Gasteiger partial charge in [-0.25, -0.2) is 0 Å². The van der Waals surface area contributed by atoms with Crippen LogP contribution in [0.2, 0.25) is 0 Å². The molecule has 8 aromatic carbocycles. The molecule has 13 rings (SSSR count). The Kier molecular flexibility index (Phi) is 7.79. The highest BCUT2D eigenvalue weighted by molar-refractivity contribution is 6.93. The normalized spacial score (nSPS) is 17.8. The van der Waals surface area contributed by atoms with Crippen molar-refractivity contribution in [3.8, 4) is 44.5 Å². The first kappa shape index (κ1) is 38.8. The van der Waals surface area contributed by atoms with Crippen molar-refractivity contribution in [2.75, 3.05) is 9.71 Å². The first-order valence-corrected chi connectivity index (χ1v) is 23.8. The first-order chi connectivity index (χ1) is 31.3. The van der Waals surface area contributed by atoms with Crippen molar-refractivity contribution in [2.24, 2.45) is 0 Å². The molecule has 3 heterocycles. The van der Waals surface area contributed by atoms with E-state index in [9.17, 15) is 0 Å². The van der Waals surface area contributed by atoms with Gasteiger partial charge in [0.25, 0.3) is 0 Å². The van der Waals surface area contributed by atoms with Crippen LogP contribution in [0.15, 0.2) is 164 Å². The summed E-state index contributed by atoms with van der Waals surface area (Å²) in [5.74, 6) is 0. The molecule has 2 aliphatic carbocycles. The summed E-state index contributed by atoms with van der Waals surface area (Å²) >= 11 is 0. The Morgan fingerprint density at radius 1 is 0.400 bits per heavy atom. The highest BCUT2D eigenvalue weighted by Crippen LogP contribution is 2.62. The van der Waals surface area contributed by atoms with Gasteiger partial charge in [-0.15, -0.1) is 0 Å². The quantitative estimate of drug-likeness (QED) is 0.164. The molecule has 65 heavy (non-hydrogen) atoms. The SMILES string of the molecule is CC1(C)CCC(C)(C)c2cc3c(cc21)N1c2c(cccc2C3(C)C)B2c3c(cc4c(c31)C(C)(C)c1ccccc1-4)-c1ccccc1N2c1cc(-c2ccccc2)cc(-c2ccccc2)c1. The summed E-state index contributed by atoms with van der Waals surface area (Å²) in [6.45, 7) is 19.8. The van der Waals surface area contributed by atoms with Crippen molar-refractivity contribution in [2.45, 2.75) is 89.9 Å². The van der Waals surface area contributed by atoms with Crippen LogP contribution in [0.1, 0.15) is 102 Å². The van der Waals surface area contributed by atoms with Crippen LogP contribution in [0.25, 0.3) is 44.5 Å². The maximum atomic E-state index is 2.80. The van der Waals surface area contributed by atoms with E-state index in [1.165, 1.54) is 130 Å². The average molecular weight is 839 g/mol. The minimum Gasteiger partial charge on any atom is -0.376 e. The molecule has 0 amide bonds. The third kappa shape index (κ3) is 5.19. The van der Waals surface area contributed by atoms with E-state index in [-0.39, 0.29) is 28.5 Å². The van der Waals surface area contributed by atoms with Gasteiger partial charge in [0.15, 0.2) is 0 Å². The van der Waals surface area contributed by atoms with Crippen LogP contribution in [0.5, 0.6) is 0 Å². The van der Waals surface area contributed by atoms with E-state index in [2.05, 4.69) is 229 Å². The number of rotatable bonds is 3. The summed E-state index contributed by atoms with van der Waals surface area (Å²) in [4.78, 5) is 5.52. The van der Waals surface area contributed by atoms with Gasteiger partial charge in [-0.05, 0) is 143 Å². The van der Waals surface area contributed by atoms with Crippen molar-refractivity contribution in [3.63, 3.8) is 0 Å². The third-order valence-corrected chi connectivity index (χ3v) is 16.6. The van der Waals surface area contributed by atoms with E-state index in [0.29, 0.717) is 0 Å². The zero-order valence-corrected chi connectivity index (χ0v) is 39.0. The molecule has 2 nitrogen and oxygen atoms in total. The minimum atomic E-state index is -0.245. The van der Waals surface area contributed by atoms with Crippen LogP contribution in [-0.4, -0.2) is 6.85 Å². The number of nitrogens with zero attached hydrogens (tertiary/aromatic N) is 2. The van der Waals surface area contributed by atoms with E-state index >= 15 is 0 Å². The van der Waals surface area contributed by atoms with E-state index in [0.717, 1.165) is 0 Å². The summed E-state index contributed by atoms with van der Waals surface area (Å²) in [6.07, 6.45) is 2.37. The fourth-order valence-corrected chi connectivity index (χ4v) is 13.1. The maximum absolute atomic E-state index is 2.80. The predicted molar refractivity (Wildman–Crippen MR) is 276 cm³/mol. The van der Waals surface area contributed by atoms with Gasteiger partial charge in [0.1, 0.15) is 0 Å². The van der Waals surface area contributed by atoms with Gasteiger partial charge in [0.2, 0.25) is 0 Å². The highest BCUT2D eigenvalue weighted by atomic mass is 15.2. The summed E-state index contributed by atoms with van der Waals surface area (Å²) < 4.78 is 0. The number of hydrogen-bond donors (Lipinski definition) is 0. The molecule has 8 aromatic rings. The van der Waals surface area contributed by atoms with Crippen molar-refractivity contribution >= 4 is 46.2 Å². The lowest BCUT2D eigenvalue weighted by Crippen LogP contribution is -2.63. The van der Waals surface area contributed by atoms with Gasteiger partial charge in [0, 0.05) is 39.1 Å². The average Bonchev–Trinajstić information content (AvgIpc) is 3.55. The Morgan fingerprint density at radius 2 is 0.985 bits per heavy atom. The molecule has 3 aliphatic heterocycles. The topological polar surface area (TPSA) is 6.48 Å². The second-order valence-corrected chi connectivity index (χ2v) is 22.0. The Labute approximate surface area is 385 Å². The van der Waals surface area contributed by atoms with Crippen molar-refractivity contribution in [3.05, 3.63) is 197 Å². The van der Waals surface area contributed by atoms with E-state index in [1.807, 2.05) is 0 Å². The predicted octanol–water partition coefficient (Wildman–Crippen LogP) is 15.0. The zero-order valence-electron chi connectivity index (χ0n) is 39.0. The number of hydrogen-bond acceptors (Lipinski definition) is 2. The molecule has 0 radical (unpaired) electrons. The molecule has 0 N–H and O–H groups in total. The van der Waals surface area contributed by atoms with Crippen LogP contribution in [0.3, 0.4) is 0 Å². The third-order valence-electron chi connectivity index (χ3n) is 16.6. The number of anilines is 5. The summed E-state index contributed by atoms with van der Waals surface area (Å²) in [5, 5.41) is 0. The minimum absolute atomic E-state index is 0.0612. The van der Waals surface area contributed by atoms with E-state index < -0.39 is 0 Å². The van der Waals surface area contributed by atoms with Gasteiger partial charge < -0.3 is 9.71 Å². The fraction of sp³-hybridized carbons (Fsp3) is 0.226. The first-order valence-electron chi connectivity index (χ1n) is 23.8. The Balaban J connectivity index is 1.18. The van der Waals surface area contributed by atoms with Crippen molar-refractivity contribution < 1.29 is 0 Å². The number of para-hydroxylation sites is 2. The summed E-state index contributed by atoms with van der Waals surface area (Å²) in [6, 6.07) is 62.8. The number of fused-ring (bicyclic) bond motifs is 11. The summed E-state index contributed by atoms with van der Waals surface area (Å²) in [5.41, 5.74) is 27.9. The van der Waals surface area contributed by atoms with E-state index in [4.69, 9.17) is 0 Å². The highest BCUT2D eigenvalue weighted by Gasteiger charge is 2.54. The molecule has 3 heteroatoms. The molecule has 5 aliphatic rings. The maximum Gasteiger partial charge on any atom is 0.333 e. The lowest BCUT2D eigenvalue weighted by atomic mass is 9.42. The lowest BCUT2D eigenvalue weighted by molar-refractivity contribution is 0.331. The van der Waals surface area contributed by atoms with Crippen molar-refractivity contribution in [1.82, 2.24) is 0 Å². The van der Waals surface area contributed by atoms with Crippen LogP contribution in [0.4, 0.5) is 28.4 Å². The van der Waals surface area contributed by atoms with Gasteiger partial charge >= 0.3 is 6.85 Å². The fourth-order valence-electron chi connectivity index (χ4n) is 13.1. The molecule has 0 fully saturated rings. The monoisotopic (exact) mass is 838 g/mol.